The van der Waals surface area contributed by atoms with Crippen molar-refractivity contribution in [2.45, 2.75) is 0 Å². The van der Waals surface area contributed by atoms with Crippen molar-refractivity contribution < 1.29 is 41.0 Å². The molecule has 0 bridgehead atoms. The SMILES string of the molecule is CON=[I-].C[n+]1cccc(C(=O)CF)c1. The molecule has 84 valence electrons. The molecule has 1 aromatic rings. The van der Waals surface area contributed by atoms with Gasteiger partial charge in [-0.1, -0.05) is 0 Å². The lowest BCUT2D eigenvalue weighted by Crippen LogP contribution is -3.16. The van der Waals surface area contributed by atoms with Crippen LogP contribution in [0.4, 0.5) is 4.39 Å². The Balaban J connectivity index is 0.000000423. The molecule has 0 aliphatic heterocycles. The van der Waals surface area contributed by atoms with Gasteiger partial charge in [0, 0.05) is 6.07 Å². The van der Waals surface area contributed by atoms with Gasteiger partial charge in [-0.05, 0) is 6.07 Å². The van der Waals surface area contributed by atoms with E-state index in [-0.39, 0.29) is 0 Å². The molecule has 1 heterocycles. The Morgan fingerprint density at radius 2 is 2.33 bits per heavy atom. The van der Waals surface area contributed by atoms with Gasteiger partial charge in [0.25, 0.3) is 0 Å². The molecular weight excluding hydrogens is 314 g/mol. The minimum absolute atomic E-state index is 0.414. The number of Topliss-reactive ketones (excluding diaryl/α,β-unsaturated/α-hetero) is 1. The number of halogens is 2. The molecular formula is C9H12FIN2O2. The summed E-state index contributed by atoms with van der Waals surface area (Å²) >= 11 is 1.75. The molecule has 0 radical (unpaired) electrons. The number of ketones is 1. The normalized spacial score (nSPS) is 8.80. The molecule has 0 atom stereocenters. The van der Waals surface area contributed by atoms with E-state index < -0.39 is 12.5 Å². The highest BCUT2D eigenvalue weighted by Crippen LogP contribution is 1.95. The van der Waals surface area contributed by atoms with Crippen LogP contribution in [0.15, 0.2) is 27.8 Å². The quantitative estimate of drug-likeness (QED) is 0.278. The fraction of sp³-hybridized carbons (Fsp3) is 0.333. The highest BCUT2D eigenvalue weighted by molar-refractivity contribution is 5.96. The molecule has 0 fully saturated rings. The van der Waals surface area contributed by atoms with Gasteiger partial charge in [0.2, 0.25) is 0 Å². The Labute approximate surface area is 101 Å². The minimum atomic E-state index is -0.927. The predicted molar refractivity (Wildman–Crippen MR) is 47.4 cm³/mol. The molecule has 15 heavy (non-hydrogen) atoms. The van der Waals surface area contributed by atoms with Crippen molar-refractivity contribution in [3.05, 3.63) is 30.1 Å². The molecule has 0 aliphatic carbocycles. The predicted octanol–water partition coefficient (Wildman–Crippen LogP) is -2.05. The van der Waals surface area contributed by atoms with E-state index in [0.29, 0.717) is 5.56 Å². The minimum Gasteiger partial charge on any atom is -0.603 e. The maximum atomic E-state index is 11.8. The summed E-state index contributed by atoms with van der Waals surface area (Å²) in [5.74, 6) is -0.471. The fourth-order valence-electron chi connectivity index (χ4n) is 0.830. The van der Waals surface area contributed by atoms with Gasteiger partial charge in [-0.3, -0.25) is 9.63 Å². The molecule has 0 unspecified atom stereocenters. The summed E-state index contributed by atoms with van der Waals surface area (Å²) in [4.78, 5) is 14.9. The third kappa shape index (κ3) is 6.34. The summed E-state index contributed by atoms with van der Waals surface area (Å²) in [7, 11) is 3.29. The number of carbonyl (C=O) groups excluding carboxylic acids is 1. The number of nitrogens with zero attached hydrogens (tertiary/aromatic N) is 2. The second-order valence-corrected chi connectivity index (χ2v) is 2.96. The van der Waals surface area contributed by atoms with Crippen molar-refractivity contribution in [3.8, 4) is 0 Å². The lowest BCUT2D eigenvalue weighted by molar-refractivity contribution is -0.671. The number of pyridine rings is 1. The molecule has 0 spiro atoms. The van der Waals surface area contributed by atoms with E-state index in [1.54, 1.807) is 58.6 Å². The Bertz CT molecular complexity index is 334. The first-order valence-electron chi connectivity index (χ1n) is 4.04. The summed E-state index contributed by atoms with van der Waals surface area (Å²) in [6.45, 7) is -0.927. The molecule has 0 saturated heterocycles. The first-order chi connectivity index (χ1) is 7.15. The van der Waals surface area contributed by atoms with Crippen LogP contribution in [-0.2, 0) is 11.9 Å². The van der Waals surface area contributed by atoms with Crippen molar-refractivity contribution >= 4 is 5.78 Å². The molecule has 0 aliphatic rings. The number of hydrogen-bond donors (Lipinski definition) is 0. The lowest BCUT2D eigenvalue weighted by Gasteiger charge is -1.91. The van der Waals surface area contributed by atoms with Crippen LogP contribution in [0, 0.1) is 0 Å². The highest BCUT2D eigenvalue weighted by Gasteiger charge is 2.07. The summed E-state index contributed by atoms with van der Waals surface area (Å²) in [6.07, 6.45) is 3.39. The number of hydrogen-bond acceptors (Lipinski definition) is 3. The first kappa shape index (κ1) is 14.2. The summed E-state index contributed by atoms with van der Waals surface area (Å²) in [6, 6.07) is 3.31. The summed E-state index contributed by atoms with van der Waals surface area (Å²) in [5.41, 5.74) is 0.414. The molecule has 1 rings (SSSR count). The molecule has 6 heteroatoms. The van der Waals surface area contributed by atoms with Crippen LogP contribution in [-0.4, -0.2) is 19.6 Å². The van der Waals surface area contributed by atoms with Gasteiger partial charge in [-0.2, -0.15) is 0 Å². The smallest absolute Gasteiger partial charge is 0.199 e. The van der Waals surface area contributed by atoms with E-state index in [9.17, 15) is 9.18 Å². The van der Waals surface area contributed by atoms with Crippen LogP contribution in [0.2, 0.25) is 0 Å². The molecule has 0 saturated carbocycles. The van der Waals surface area contributed by atoms with Crippen molar-refractivity contribution in [1.29, 1.82) is 0 Å². The van der Waals surface area contributed by atoms with Crippen LogP contribution < -0.4 is 27.0 Å². The molecule has 0 aromatic carbocycles. The van der Waals surface area contributed by atoms with E-state index in [2.05, 4.69) is 8.15 Å². The Hall–Kier alpha value is -0.760. The highest BCUT2D eigenvalue weighted by atomic mass is 127. The molecule has 4 nitrogen and oxygen atoms in total. The lowest BCUT2D eigenvalue weighted by atomic mass is 10.2. The van der Waals surface area contributed by atoms with Gasteiger partial charge in [0.05, 0.1) is 12.7 Å². The Kier molecular flexibility index (Phi) is 8.11. The van der Waals surface area contributed by atoms with Gasteiger partial charge in [0.15, 0.2) is 24.9 Å². The van der Waals surface area contributed by atoms with Crippen LogP contribution in [0.5, 0.6) is 0 Å². The maximum absolute atomic E-state index is 11.8. The monoisotopic (exact) mass is 326 g/mol. The zero-order valence-electron chi connectivity index (χ0n) is 8.48. The Morgan fingerprint density at radius 1 is 1.73 bits per heavy atom. The zero-order chi connectivity index (χ0) is 11.7. The van der Waals surface area contributed by atoms with Crippen molar-refractivity contribution in [2.75, 3.05) is 13.8 Å². The number of rotatable bonds is 3. The second kappa shape index (κ2) is 8.54. The van der Waals surface area contributed by atoms with Crippen LogP contribution >= 0.6 is 0 Å². The maximum Gasteiger partial charge on any atom is 0.199 e. The number of aromatic nitrogens is 1. The van der Waals surface area contributed by atoms with Gasteiger partial charge >= 0.3 is 0 Å². The van der Waals surface area contributed by atoms with Gasteiger partial charge in [-0.15, -0.1) is 0 Å². The van der Waals surface area contributed by atoms with Gasteiger partial charge < -0.3 is 25.7 Å². The van der Waals surface area contributed by atoms with Crippen molar-refractivity contribution in [3.63, 3.8) is 0 Å². The van der Waals surface area contributed by atoms with Gasteiger partial charge in [0.1, 0.15) is 7.05 Å². The van der Waals surface area contributed by atoms with E-state index >= 15 is 0 Å². The zero-order valence-corrected chi connectivity index (χ0v) is 10.6. The van der Waals surface area contributed by atoms with Crippen LogP contribution in [0.3, 0.4) is 0 Å². The summed E-state index contributed by atoms with van der Waals surface area (Å²) < 4.78 is 16.8. The van der Waals surface area contributed by atoms with E-state index in [1.165, 1.54) is 7.11 Å². The number of carbonyl (C=O) groups is 1. The molecule has 0 amide bonds. The van der Waals surface area contributed by atoms with Crippen molar-refractivity contribution in [2.24, 2.45) is 10.4 Å². The van der Waals surface area contributed by atoms with E-state index in [4.69, 9.17) is 0 Å². The number of alkyl halides is 1. The van der Waals surface area contributed by atoms with Crippen LogP contribution in [0.25, 0.3) is 0 Å². The second-order valence-electron chi connectivity index (χ2n) is 2.57. The third-order valence-electron chi connectivity index (χ3n) is 1.45. The molecule has 0 N–H and O–H groups in total. The standard InChI is InChI=1S/C8H9FNO.CH3INO/c1-10-4-2-3-7(6-10)8(11)5-9;1-4-3-2/h2-4,6H,5H2,1H3;1H3/q+1;-1. The topological polar surface area (TPSA) is 42.5 Å². The van der Waals surface area contributed by atoms with E-state index in [1.807, 2.05) is 0 Å². The van der Waals surface area contributed by atoms with Crippen LogP contribution in [0.1, 0.15) is 10.4 Å². The van der Waals surface area contributed by atoms with Gasteiger partial charge in [-0.25, -0.2) is 8.96 Å². The largest absolute Gasteiger partial charge is 0.603 e. The Morgan fingerprint density at radius 3 is 2.73 bits per heavy atom. The average Bonchev–Trinajstić information content (AvgIpc) is 2.28. The number of aryl methyl sites for hydroxylation is 1. The van der Waals surface area contributed by atoms with E-state index in [0.717, 1.165) is 0 Å². The van der Waals surface area contributed by atoms with Crippen molar-refractivity contribution in [1.82, 2.24) is 0 Å². The fourth-order valence-corrected chi connectivity index (χ4v) is 0.830. The summed E-state index contributed by atoms with van der Waals surface area (Å²) in [5, 5.41) is 0. The third-order valence-corrected chi connectivity index (χ3v) is 1.85. The molecule has 1 aromatic heterocycles. The average molecular weight is 326 g/mol. The first-order valence-corrected chi connectivity index (χ1v) is 5.01.